The predicted octanol–water partition coefficient (Wildman–Crippen LogP) is -2.14. The van der Waals surface area contributed by atoms with E-state index in [0.717, 1.165) is 0 Å². The molecule has 1 unspecified atom stereocenters. The van der Waals surface area contributed by atoms with Crippen molar-refractivity contribution in [3.63, 3.8) is 0 Å². The van der Waals surface area contributed by atoms with Crippen molar-refractivity contribution in [1.82, 2.24) is 10.4 Å². The number of nitrogens with two attached hydrogens (primary N) is 1. The van der Waals surface area contributed by atoms with E-state index in [1.54, 1.807) is 0 Å². The third kappa shape index (κ3) is 1.19. The van der Waals surface area contributed by atoms with Crippen LogP contribution in [0.25, 0.3) is 0 Å². The number of hydrazine groups is 1. The monoisotopic (exact) mass is 219 g/mol. The van der Waals surface area contributed by atoms with E-state index < -0.39 is 22.0 Å². The maximum Gasteiger partial charge on any atom is 0.338 e. The number of carbonyl (C=O) groups is 1. The third-order valence-electron chi connectivity index (χ3n) is 2.10. The normalized spacial score (nSPS) is 26.9. The topological polar surface area (TPSA) is 102 Å². The average molecular weight is 219 g/mol. The fourth-order valence-electron chi connectivity index (χ4n) is 1.62. The van der Waals surface area contributed by atoms with Gasteiger partial charge in [0.1, 0.15) is 6.61 Å². The SMILES string of the molecule is CN1NC2COC(=O)C2=C1S(N)(=O)=O. The number of hydrogen-bond donors (Lipinski definition) is 2. The molecule has 0 aromatic heterocycles. The highest BCUT2D eigenvalue weighted by atomic mass is 32.2. The number of fused-ring (bicyclic) bond motifs is 1. The lowest BCUT2D eigenvalue weighted by molar-refractivity contribution is -0.135. The molecule has 0 spiro atoms. The van der Waals surface area contributed by atoms with Crippen LogP contribution in [-0.4, -0.2) is 39.1 Å². The van der Waals surface area contributed by atoms with Crippen LogP contribution in [0, 0.1) is 0 Å². The predicted molar refractivity (Wildman–Crippen MR) is 45.8 cm³/mol. The first kappa shape index (κ1) is 9.44. The second-order valence-electron chi connectivity index (χ2n) is 3.10. The van der Waals surface area contributed by atoms with Crippen LogP contribution in [0.15, 0.2) is 10.6 Å². The van der Waals surface area contributed by atoms with Crippen molar-refractivity contribution >= 4 is 16.0 Å². The molecule has 0 aromatic rings. The van der Waals surface area contributed by atoms with Gasteiger partial charge in [-0.3, -0.25) is 5.01 Å². The number of sulfonamides is 1. The second-order valence-corrected chi connectivity index (χ2v) is 4.58. The first-order valence-electron chi connectivity index (χ1n) is 3.85. The van der Waals surface area contributed by atoms with E-state index >= 15 is 0 Å². The van der Waals surface area contributed by atoms with Crippen molar-refractivity contribution < 1.29 is 17.9 Å². The van der Waals surface area contributed by atoms with Crippen molar-refractivity contribution in [2.24, 2.45) is 5.14 Å². The molecular formula is C6H9N3O4S. The van der Waals surface area contributed by atoms with Gasteiger partial charge in [0.05, 0.1) is 11.6 Å². The molecule has 0 aromatic carbocycles. The molecule has 0 saturated carbocycles. The molecule has 2 aliphatic rings. The molecule has 7 nitrogen and oxygen atoms in total. The molecule has 0 aliphatic carbocycles. The standard InChI is InChI=1S/C6H9N3O4S/c1-9-5(14(7,11)12)4-3(8-9)2-13-6(4)10/h3,8H,2H2,1H3,(H2,7,11,12). The van der Waals surface area contributed by atoms with Crippen molar-refractivity contribution in [1.29, 1.82) is 0 Å². The van der Waals surface area contributed by atoms with Gasteiger partial charge >= 0.3 is 5.97 Å². The Morgan fingerprint density at radius 2 is 2.29 bits per heavy atom. The molecule has 0 radical (unpaired) electrons. The summed E-state index contributed by atoms with van der Waals surface area (Å²) in [6.07, 6.45) is 0. The zero-order valence-electron chi connectivity index (χ0n) is 7.35. The Bertz CT molecular complexity index is 426. The molecule has 2 heterocycles. The van der Waals surface area contributed by atoms with Crippen LogP contribution in [0.3, 0.4) is 0 Å². The van der Waals surface area contributed by atoms with Crippen molar-refractivity contribution in [3.8, 4) is 0 Å². The zero-order chi connectivity index (χ0) is 10.5. The Morgan fingerprint density at radius 1 is 1.64 bits per heavy atom. The summed E-state index contributed by atoms with van der Waals surface area (Å²) in [5.41, 5.74) is 2.85. The molecule has 2 rings (SSSR count). The number of hydrogen-bond acceptors (Lipinski definition) is 6. The summed E-state index contributed by atoms with van der Waals surface area (Å²) < 4.78 is 27.0. The summed E-state index contributed by atoms with van der Waals surface area (Å²) in [5, 5.41) is 6.00. The quantitative estimate of drug-likeness (QED) is 0.488. The molecule has 1 saturated heterocycles. The van der Waals surface area contributed by atoms with Gasteiger partial charge in [0, 0.05) is 7.05 Å². The van der Waals surface area contributed by atoms with Gasteiger partial charge in [-0.25, -0.2) is 23.8 Å². The molecule has 0 amide bonds. The second kappa shape index (κ2) is 2.69. The van der Waals surface area contributed by atoms with Crippen molar-refractivity contribution in [2.75, 3.05) is 13.7 Å². The number of nitrogens with zero attached hydrogens (tertiary/aromatic N) is 1. The van der Waals surface area contributed by atoms with Gasteiger partial charge in [0.25, 0.3) is 10.0 Å². The van der Waals surface area contributed by atoms with Crippen LogP contribution in [0.5, 0.6) is 0 Å². The van der Waals surface area contributed by atoms with Crippen LogP contribution in [0.2, 0.25) is 0 Å². The first-order chi connectivity index (χ1) is 6.41. The Hall–Kier alpha value is -1.12. The van der Waals surface area contributed by atoms with E-state index in [1.807, 2.05) is 0 Å². The Kier molecular flexibility index (Phi) is 1.81. The summed E-state index contributed by atoms with van der Waals surface area (Å²) in [7, 11) is -2.41. The number of nitrogens with one attached hydrogen (secondary N) is 1. The minimum absolute atomic E-state index is 0.0926. The van der Waals surface area contributed by atoms with Crippen LogP contribution in [0.1, 0.15) is 0 Å². The lowest BCUT2D eigenvalue weighted by atomic mass is 10.2. The summed E-state index contributed by atoms with van der Waals surface area (Å²) in [6.45, 7) is 0.136. The molecule has 3 N–H and O–H groups in total. The van der Waals surface area contributed by atoms with E-state index in [4.69, 9.17) is 5.14 Å². The highest BCUT2D eigenvalue weighted by molar-refractivity contribution is 7.93. The highest BCUT2D eigenvalue weighted by Gasteiger charge is 2.44. The number of ether oxygens (including phenoxy) is 1. The lowest BCUT2D eigenvalue weighted by Gasteiger charge is -2.16. The van der Waals surface area contributed by atoms with Crippen LogP contribution in [0.4, 0.5) is 0 Å². The molecule has 0 bridgehead atoms. The van der Waals surface area contributed by atoms with E-state index in [-0.39, 0.29) is 17.2 Å². The summed E-state index contributed by atoms with van der Waals surface area (Å²) in [4.78, 5) is 11.2. The van der Waals surface area contributed by atoms with Gasteiger partial charge in [-0.05, 0) is 0 Å². The largest absolute Gasteiger partial charge is 0.460 e. The lowest BCUT2D eigenvalue weighted by Crippen LogP contribution is -2.37. The van der Waals surface area contributed by atoms with Crippen LogP contribution >= 0.6 is 0 Å². The number of rotatable bonds is 1. The molecule has 78 valence electrons. The summed E-state index contributed by atoms with van der Waals surface area (Å²) in [5.74, 6) is -0.629. The molecule has 2 aliphatic heterocycles. The Morgan fingerprint density at radius 3 is 2.86 bits per heavy atom. The Labute approximate surface area is 80.5 Å². The molecular weight excluding hydrogens is 210 g/mol. The summed E-state index contributed by atoms with van der Waals surface area (Å²) >= 11 is 0. The number of cyclic esters (lactones) is 1. The molecule has 8 heteroatoms. The molecule has 14 heavy (non-hydrogen) atoms. The Balaban J connectivity index is 2.59. The van der Waals surface area contributed by atoms with Crippen LogP contribution in [-0.2, 0) is 19.6 Å². The minimum Gasteiger partial charge on any atom is -0.460 e. The minimum atomic E-state index is -3.90. The zero-order valence-corrected chi connectivity index (χ0v) is 8.17. The molecule has 1 fully saturated rings. The number of esters is 1. The summed E-state index contributed by atoms with van der Waals surface area (Å²) in [6, 6.07) is -0.402. The van der Waals surface area contributed by atoms with Gasteiger partial charge in [0.2, 0.25) is 0 Å². The smallest absolute Gasteiger partial charge is 0.338 e. The maximum atomic E-state index is 11.2. The third-order valence-corrected chi connectivity index (χ3v) is 3.14. The van der Waals surface area contributed by atoms with Crippen molar-refractivity contribution in [2.45, 2.75) is 6.04 Å². The van der Waals surface area contributed by atoms with Crippen molar-refractivity contribution in [3.05, 3.63) is 10.6 Å². The first-order valence-corrected chi connectivity index (χ1v) is 5.40. The van der Waals surface area contributed by atoms with E-state index in [2.05, 4.69) is 10.2 Å². The van der Waals surface area contributed by atoms with Gasteiger partial charge < -0.3 is 4.74 Å². The maximum absolute atomic E-state index is 11.2. The van der Waals surface area contributed by atoms with E-state index in [9.17, 15) is 13.2 Å². The highest BCUT2D eigenvalue weighted by Crippen LogP contribution is 2.27. The fraction of sp³-hybridized carbons (Fsp3) is 0.500. The molecule has 1 atom stereocenters. The van der Waals surface area contributed by atoms with Gasteiger partial charge in [-0.1, -0.05) is 0 Å². The average Bonchev–Trinajstić information content (AvgIpc) is 2.49. The van der Waals surface area contributed by atoms with Gasteiger partial charge in [-0.15, -0.1) is 0 Å². The van der Waals surface area contributed by atoms with Gasteiger partial charge in [0.15, 0.2) is 5.03 Å². The van der Waals surface area contributed by atoms with E-state index in [1.165, 1.54) is 12.1 Å². The number of carbonyl (C=O) groups excluding carboxylic acids is 1. The number of primary sulfonamides is 1. The van der Waals surface area contributed by atoms with E-state index in [0.29, 0.717) is 0 Å². The van der Waals surface area contributed by atoms with Crippen LogP contribution < -0.4 is 10.6 Å². The fourth-order valence-corrected chi connectivity index (χ4v) is 2.58. The van der Waals surface area contributed by atoms with Gasteiger partial charge in [-0.2, -0.15) is 0 Å².